The van der Waals surface area contributed by atoms with Gasteiger partial charge in [-0.3, -0.25) is 9.69 Å². The van der Waals surface area contributed by atoms with Crippen molar-refractivity contribution in [1.29, 1.82) is 0 Å². The number of imidazole rings is 1. The summed E-state index contributed by atoms with van der Waals surface area (Å²) in [5, 5.41) is 10.0. The van der Waals surface area contributed by atoms with E-state index in [-0.39, 0.29) is 0 Å². The number of carboxylic acids is 1. The van der Waals surface area contributed by atoms with Crippen molar-refractivity contribution in [2.75, 3.05) is 6.54 Å². The van der Waals surface area contributed by atoms with Crippen LogP contribution in [0.2, 0.25) is 5.02 Å². The number of aliphatic carboxylic acids is 1. The smallest absolute Gasteiger partial charge is 0.320 e. The Labute approximate surface area is 128 Å². The van der Waals surface area contributed by atoms with Crippen LogP contribution in [0.25, 0.3) is 11.0 Å². The minimum Gasteiger partial charge on any atom is -0.480 e. The molecule has 5 nitrogen and oxygen atoms in total. The zero-order chi connectivity index (χ0) is 15.0. The van der Waals surface area contributed by atoms with E-state index in [1.807, 2.05) is 34.7 Å². The number of carbonyl (C=O) groups is 1. The number of rotatable bonds is 3. The Morgan fingerprint density at radius 1 is 1.48 bits per heavy atom. The van der Waals surface area contributed by atoms with Gasteiger partial charge in [0.2, 0.25) is 0 Å². The van der Waals surface area contributed by atoms with Gasteiger partial charge >= 0.3 is 5.97 Å². The number of halogens is 1. The van der Waals surface area contributed by atoms with Gasteiger partial charge in [0.05, 0.1) is 17.6 Å². The molecule has 1 saturated heterocycles. The van der Waals surface area contributed by atoms with Crippen molar-refractivity contribution in [2.24, 2.45) is 7.05 Å². The third kappa shape index (κ3) is 2.76. The largest absolute Gasteiger partial charge is 0.480 e. The molecule has 0 bridgehead atoms. The minimum absolute atomic E-state index is 0.401. The van der Waals surface area contributed by atoms with Crippen LogP contribution in [0.1, 0.15) is 25.1 Å². The highest BCUT2D eigenvalue weighted by Gasteiger charge is 2.29. The van der Waals surface area contributed by atoms with Gasteiger partial charge in [-0.05, 0) is 37.6 Å². The Hall–Kier alpha value is -1.59. The molecule has 3 rings (SSSR count). The number of fused-ring (bicyclic) bond motifs is 1. The highest BCUT2D eigenvalue weighted by molar-refractivity contribution is 6.31. The summed E-state index contributed by atoms with van der Waals surface area (Å²) in [6.07, 6.45) is 2.73. The standard InChI is InChI=1S/C15H18ClN3O2/c1-18-12-6-5-10(16)8-11(12)17-14(18)9-19-7-3-2-4-13(19)15(20)21/h5-6,8,13H,2-4,7,9H2,1H3,(H,20,21). The lowest BCUT2D eigenvalue weighted by molar-refractivity contribution is -0.144. The second-order valence-electron chi connectivity index (χ2n) is 5.54. The Kier molecular flexibility index (Phi) is 3.87. The van der Waals surface area contributed by atoms with E-state index in [1.54, 1.807) is 0 Å². The molecule has 0 aliphatic carbocycles. The van der Waals surface area contributed by atoms with E-state index in [0.717, 1.165) is 36.2 Å². The lowest BCUT2D eigenvalue weighted by Crippen LogP contribution is -2.44. The van der Waals surface area contributed by atoms with Gasteiger partial charge in [0.15, 0.2) is 0 Å². The maximum absolute atomic E-state index is 11.4. The number of likely N-dealkylation sites (tertiary alicyclic amines) is 1. The normalized spacial score (nSPS) is 20.0. The number of aryl methyl sites for hydroxylation is 1. The fraction of sp³-hybridized carbons (Fsp3) is 0.467. The molecule has 6 heteroatoms. The lowest BCUT2D eigenvalue weighted by Gasteiger charge is -2.32. The number of aromatic nitrogens is 2. The minimum atomic E-state index is -0.739. The van der Waals surface area contributed by atoms with Crippen molar-refractivity contribution >= 4 is 28.6 Å². The van der Waals surface area contributed by atoms with Crippen LogP contribution in [0.3, 0.4) is 0 Å². The zero-order valence-electron chi connectivity index (χ0n) is 11.9. The second kappa shape index (κ2) is 5.66. The first kappa shape index (κ1) is 14.4. The van der Waals surface area contributed by atoms with Gasteiger partial charge in [-0.15, -0.1) is 0 Å². The maximum Gasteiger partial charge on any atom is 0.320 e. The second-order valence-corrected chi connectivity index (χ2v) is 5.98. The van der Waals surface area contributed by atoms with E-state index in [4.69, 9.17) is 11.6 Å². The monoisotopic (exact) mass is 307 g/mol. The van der Waals surface area contributed by atoms with E-state index < -0.39 is 12.0 Å². The molecule has 1 aliphatic heterocycles. The molecule has 0 saturated carbocycles. The van der Waals surface area contributed by atoms with Crippen molar-refractivity contribution in [3.8, 4) is 0 Å². The maximum atomic E-state index is 11.4. The Bertz CT molecular complexity index is 683. The van der Waals surface area contributed by atoms with Gasteiger partial charge in [-0.2, -0.15) is 0 Å². The van der Waals surface area contributed by atoms with Crippen LogP contribution < -0.4 is 0 Å². The Morgan fingerprint density at radius 3 is 3.05 bits per heavy atom. The van der Waals surface area contributed by atoms with Crippen LogP contribution >= 0.6 is 11.6 Å². The first-order valence-corrected chi connectivity index (χ1v) is 7.52. The molecule has 1 aromatic carbocycles. The zero-order valence-corrected chi connectivity index (χ0v) is 12.7. The van der Waals surface area contributed by atoms with Gasteiger partial charge in [-0.1, -0.05) is 18.0 Å². The third-order valence-electron chi connectivity index (χ3n) is 4.18. The molecule has 2 heterocycles. The molecular weight excluding hydrogens is 290 g/mol. The van der Waals surface area contributed by atoms with Crippen LogP contribution in [-0.2, 0) is 18.4 Å². The van der Waals surface area contributed by atoms with Gasteiger partial charge in [0.25, 0.3) is 0 Å². The van der Waals surface area contributed by atoms with Crippen molar-refractivity contribution < 1.29 is 9.90 Å². The molecular formula is C15H18ClN3O2. The van der Waals surface area contributed by atoms with Crippen LogP contribution in [0.15, 0.2) is 18.2 Å². The van der Waals surface area contributed by atoms with Crippen molar-refractivity contribution in [3.63, 3.8) is 0 Å². The van der Waals surface area contributed by atoms with Crippen LogP contribution in [-0.4, -0.2) is 38.1 Å². The molecule has 0 amide bonds. The molecule has 112 valence electrons. The summed E-state index contributed by atoms with van der Waals surface area (Å²) in [6, 6.07) is 5.22. The summed E-state index contributed by atoms with van der Waals surface area (Å²) < 4.78 is 2.01. The van der Waals surface area contributed by atoms with E-state index in [9.17, 15) is 9.90 Å². The predicted octanol–water partition coefficient (Wildman–Crippen LogP) is 2.67. The topological polar surface area (TPSA) is 58.4 Å². The Morgan fingerprint density at radius 2 is 2.29 bits per heavy atom. The number of hydrogen-bond donors (Lipinski definition) is 1. The van der Waals surface area contributed by atoms with Crippen molar-refractivity contribution in [2.45, 2.75) is 31.8 Å². The van der Waals surface area contributed by atoms with Gasteiger partial charge < -0.3 is 9.67 Å². The summed E-state index contributed by atoms with van der Waals surface area (Å²) in [7, 11) is 1.96. The first-order valence-electron chi connectivity index (χ1n) is 7.14. The number of piperidine rings is 1. The number of nitrogens with zero attached hydrogens (tertiary/aromatic N) is 3. The Balaban J connectivity index is 1.90. The molecule has 1 aliphatic rings. The molecule has 1 N–H and O–H groups in total. The summed E-state index contributed by atoms with van der Waals surface area (Å²) in [5.74, 6) is 0.136. The van der Waals surface area contributed by atoms with Gasteiger partial charge in [0, 0.05) is 12.1 Å². The fourth-order valence-corrected chi connectivity index (χ4v) is 3.17. The van der Waals surface area contributed by atoms with E-state index >= 15 is 0 Å². The molecule has 2 aromatic rings. The quantitative estimate of drug-likeness (QED) is 0.947. The molecule has 1 atom stereocenters. The fourth-order valence-electron chi connectivity index (χ4n) is 3.01. The average Bonchev–Trinajstić information content (AvgIpc) is 2.75. The molecule has 0 radical (unpaired) electrons. The van der Waals surface area contributed by atoms with Crippen LogP contribution in [0, 0.1) is 0 Å². The van der Waals surface area contributed by atoms with E-state index in [1.165, 1.54) is 0 Å². The third-order valence-corrected chi connectivity index (χ3v) is 4.41. The number of benzene rings is 1. The lowest BCUT2D eigenvalue weighted by atomic mass is 10.0. The first-order chi connectivity index (χ1) is 10.1. The summed E-state index contributed by atoms with van der Waals surface area (Å²) in [6.45, 7) is 1.36. The molecule has 1 aromatic heterocycles. The van der Waals surface area contributed by atoms with Crippen molar-refractivity contribution in [3.05, 3.63) is 29.0 Å². The number of carboxylic acid groups (broad SMARTS) is 1. The summed E-state index contributed by atoms with van der Waals surface area (Å²) >= 11 is 6.00. The molecule has 21 heavy (non-hydrogen) atoms. The van der Waals surface area contributed by atoms with E-state index in [2.05, 4.69) is 4.98 Å². The van der Waals surface area contributed by atoms with Crippen LogP contribution in [0.5, 0.6) is 0 Å². The summed E-state index contributed by atoms with van der Waals surface area (Å²) in [5.41, 5.74) is 1.86. The molecule has 1 fully saturated rings. The van der Waals surface area contributed by atoms with Gasteiger partial charge in [0.1, 0.15) is 11.9 Å². The number of hydrogen-bond acceptors (Lipinski definition) is 3. The van der Waals surface area contributed by atoms with Gasteiger partial charge in [-0.25, -0.2) is 4.98 Å². The molecule has 1 unspecified atom stereocenters. The SMILES string of the molecule is Cn1c(CN2CCCCC2C(=O)O)nc2cc(Cl)ccc21. The van der Waals surface area contributed by atoms with Crippen molar-refractivity contribution in [1.82, 2.24) is 14.5 Å². The van der Waals surface area contributed by atoms with E-state index in [0.29, 0.717) is 18.0 Å². The highest BCUT2D eigenvalue weighted by Crippen LogP contribution is 2.23. The highest BCUT2D eigenvalue weighted by atomic mass is 35.5. The summed E-state index contributed by atoms with van der Waals surface area (Å²) in [4.78, 5) is 18.0. The molecule has 0 spiro atoms. The predicted molar refractivity (Wildman–Crippen MR) is 81.4 cm³/mol. The van der Waals surface area contributed by atoms with Crippen LogP contribution in [0.4, 0.5) is 0 Å². The average molecular weight is 308 g/mol.